The highest BCUT2D eigenvalue weighted by Gasteiger charge is 2.26. The Hall–Kier alpha value is -1.04. The number of benzene rings is 1. The molecule has 0 unspecified atom stereocenters. The third-order valence-electron chi connectivity index (χ3n) is 1.48. The van der Waals surface area contributed by atoms with Crippen molar-refractivity contribution in [2.75, 3.05) is 0 Å². The Kier molecular flexibility index (Phi) is 3.08. The zero-order valence-electron chi connectivity index (χ0n) is 8.50. The molecular formula is C9H10F4OSi. The van der Waals surface area contributed by atoms with Gasteiger partial charge in [0.1, 0.15) is 0 Å². The molecular weight excluding hydrogens is 228 g/mol. The van der Waals surface area contributed by atoms with Gasteiger partial charge in [0.25, 0.3) is 0 Å². The molecule has 1 aromatic rings. The monoisotopic (exact) mass is 238 g/mol. The van der Waals surface area contributed by atoms with E-state index in [4.69, 9.17) is 4.43 Å². The van der Waals surface area contributed by atoms with Crippen LogP contribution in [0.5, 0.6) is 5.75 Å². The maximum Gasteiger partial charge on any atom is 0.242 e. The molecule has 0 saturated heterocycles. The first-order valence-electron chi connectivity index (χ1n) is 4.24. The highest BCUT2D eigenvalue weighted by molar-refractivity contribution is 6.70. The van der Waals surface area contributed by atoms with Gasteiger partial charge in [-0.25, -0.2) is 8.78 Å². The summed E-state index contributed by atoms with van der Waals surface area (Å²) in [5, 5.41) is 0. The van der Waals surface area contributed by atoms with Crippen molar-refractivity contribution in [2.24, 2.45) is 0 Å². The zero-order chi connectivity index (χ0) is 11.8. The van der Waals surface area contributed by atoms with Gasteiger partial charge in [0.15, 0.2) is 17.4 Å². The van der Waals surface area contributed by atoms with Gasteiger partial charge in [-0.05, 0) is 19.6 Å². The van der Waals surface area contributed by atoms with Gasteiger partial charge >= 0.3 is 0 Å². The highest BCUT2D eigenvalue weighted by Crippen LogP contribution is 2.28. The number of rotatable bonds is 2. The Morgan fingerprint density at radius 3 is 1.67 bits per heavy atom. The highest BCUT2D eigenvalue weighted by atomic mass is 28.4. The molecule has 0 radical (unpaired) electrons. The van der Waals surface area contributed by atoms with Crippen molar-refractivity contribution >= 4 is 8.32 Å². The van der Waals surface area contributed by atoms with E-state index in [-0.39, 0.29) is 6.07 Å². The fourth-order valence-electron chi connectivity index (χ4n) is 0.947. The second-order valence-electron chi connectivity index (χ2n) is 4.01. The molecule has 6 heteroatoms. The lowest BCUT2D eigenvalue weighted by atomic mass is 10.3. The van der Waals surface area contributed by atoms with Crippen LogP contribution in [-0.2, 0) is 0 Å². The molecule has 0 aromatic heterocycles. The Morgan fingerprint density at radius 1 is 0.933 bits per heavy atom. The van der Waals surface area contributed by atoms with Gasteiger partial charge in [-0.15, -0.1) is 0 Å². The third-order valence-corrected chi connectivity index (χ3v) is 2.30. The fourth-order valence-corrected chi connectivity index (χ4v) is 1.74. The molecule has 0 saturated carbocycles. The largest absolute Gasteiger partial charge is 0.540 e. The first-order chi connectivity index (χ1) is 6.72. The number of halogens is 4. The van der Waals surface area contributed by atoms with E-state index >= 15 is 0 Å². The van der Waals surface area contributed by atoms with Crippen molar-refractivity contribution in [1.29, 1.82) is 0 Å². The molecule has 1 nitrogen and oxygen atoms in total. The van der Waals surface area contributed by atoms with Crippen LogP contribution in [0.1, 0.15) is 0 Å². The van der Waals surface area contributed by atoms with Gasteiger partial charge in [-0.3, -0.25) is 0 Å². The van der Waals surface area contributed by atoms with Gasteiger partial charge in [0, 0.05) is 6.07 Å². The molecule has 0 bridgehead atoms. The predicted molar refractivity (Wildman–Crippen MR) is 50.2 cm³/mol. The second kappa shape index (κ2) is 3.84. The second-order valence-corrected chi connectivity index (χ2v) is 8.44. The first kappa shape index (κ1) is 12.0. The Balaban J connectivity index is 3.27. The van der Waals surface area contributed by atoms with E-state index in [9.17, 15) is 17.6 Å². The van der Waals surface area contributed by atoms with Crippen LogP contribution in [0, 0.1) is 23.3 Å². The van der Waals surface area contributed by atoms with Crippen LogP contribution in [0.15, 0.2) is 6.07 Å². The number of hydrogen-bond acceptors (Lipinski definition) is 1. The average Bonchev–Trinajstić information content (AvgIpc) is 2.08. The minimum Gasteiger partial charge on any atom is -0.540 e. The van der Waals surface area contributed by atoms with E-state index in [1.807, 2.05) is 0 Å². The molecule has 0 aliphatic rings. The van der Waals surface area contributed by atoms with Crippen LogP contribution in [0.25, 0.3) is 0 Å². The lowest BCUT2D eigenvalue weighted by Crippen LogP contribution is -2.30. The molecule has 0 aliphatic carbocycles. The summed E-state index contributed by atoms with van der Waals surface area (Å²) in [6.07, 6.45) is 0. The van der Waals surface area contributed by atoms with E-state index in [1.165, 1.54) is 0 Å². The molecule has 84 valence electrons. The standard InChI is InChI=1S/C9H10F4OSi/c1-15(2,3)14-9-7(12)5(10)4-6(11)8(9)13/h4H,1-3H3. The maximum absolute atomic E-state index is 13.1. The van der Waals surface area contributed by atoms with Gasteiger partial charge in [-0.1, -0.05) is 0 Å². The first-order valence-corrected chi connectivity index (χ1v) is 7.65. The summed E-state index contributed by atoms with van der Waals surface area (Å²) in [5.74, 6) is -6.86. The smallest absolute Gasteiger partial charge is 0.242 e. The Morgan fingerprint density at radius 2 is 1.33 bits per heavy atom. The van der Waals surface area contributed by atoms with Crippen molar-refractivity contribution in [2.45, 2.75) is 19.6 Å². The van der Waals surface area contributed by atoms with Crippen LogP contribution in [-0.4, -0.2) is 8.32 Å². The quantitative estimate of drug-likeness (QED) is 0.435. The Bertz CT molecular complexity index is 360. The Labute approximate surface area is 85.8 Å². The summed E-state index contributed by atoms with van der Waals surface area (Å²) in [6, 6.07) is 0.155. The van der Waals surface area contributed by atoms with Crippen molar-refractivity contribution in [3.8, 4) is 5.75 Å². The van der Waals surface area contributed by atoms with E-state index in [2.05, 4.69) is 0 Å². The predicted octanol–water partition coefficient (Wildman–Crippen LogP) is 3.46. The van der Waals surface area contributed by atoms with E-state index in [1.54, 1.807) is 19.6 Å². The minimum atomic E-state index is -2.32. The topological polar surface area (TPSA) is 9.23 Å². The summed E-state index contributed by atoms with van der Waals surface area (Å²) in [5.41, 5.74) is 0. The van der Waals surface area contributed by atoms with Gasteiger partial charge in [0.05, 0.1) is 0 Å². The molecule has 0 atom stereocenters. The number of hydrogen-bond donors (Lipinski definition) is 0. The third kappa shape index (κ3) is 2.71. The van der Waals surface area contributed by atoms with Crippen molar-refractivity contribution in [1.82, 2.24) is 0 Å². The van der Waals surface area contributed by atoms with E-state index in [0.717, 1.165) is 0 Å². The summed E-state index contributed by atoms with van der Waals surface area (Å²) in [4.78, 5) is 0. The van der Waals surface area contributed by atoms with Crippen LogP contribution in [0.4, 0.5) is 17.6 Å². The average molecular weight is 238 g/mol. The molecule has 0 amide bonds. The molecule has 0 heterocycles. The van der Waals surface area contributed by atoms with Gasteiger partial charge in [0.2, 0.25) is 20.0 Å². The maximum atomic E-state index is 13.1. The minimum absolute atomic E-state index is 0.155. The molecule has 0 fully saturated rings. The van der Waals surface area contributed by atoms with Crippen LogP contribution in [0.3, 0.4) is 0 Å². The van der Waals surface area contributed by atoms with Gasteiger partial charge < -0.3 is 4.43 Å². The summed E-state index contributed by atoms with van der Waals surface area (Å²) in [7, 11) is -2.32. The zero-order valence-corrected chi connectivity index (χ0v) is 9.50. The van der Waals surface area contributed by atoms with Gasteiger partial charge in [-0.2, -0.15) is 8.78 Å². The summed E-state index contributed by atoms with van der Waals surface area (Å²) in [6.45, 7) is 4.94. The molecule has 0 N–H and O–H groups in total. The van der Waals surface area contributed by atoms with Crippen LogP contribution < -0.4 is 4.43 Å². The molecule has 0 aliphatic heterocycles. The fraction of sp³-hybridized carbons (Fsp3) is 0.333. The van der Waals surface area contributed by atoms with Crippen molar-refractivity contribution in [3.63, 3.8) is 0 Å². The summed E-state index contributed by atoms with van der Waals surface area (Å²) < 4.78 is 56.6. The summed E-state index contributed by atoms with van der Waals surface area (Å²) >= 11 is 0. The normalized spacial score (nSPS) is 11.7. The van der Waals surface area contributed by atoms with Crippen molar-refractivity contribution in [3.05, 3.63) is 29.3 Å². The van der Waals surface area contributed by atoms with E-state index in [0.29, 0.717) is 0 Å². The molecule has 0 spiro atoms. The van der Waals surface area contributed by atoms with E-state index < -0.39 is 37.3 Å². The molecule has 1 rings (SSSR count). The lowest BCUT2D eigenvalue weighted by molar-refractivity contribution is 0.391. The van der Waals surface area contributed by atoms with Crippen LogP contribution >= 0.6 is 0 Å². The molecule has 15 heavy (non-hydrogen) atoms. The lowest BCUT2D eigenvalue weighted by Gasteiger charge is -2.20. The van der Waals surface area contributed by atoms with Crippen molar-refractivity contribution < 1.29 is 22.0 Å². The molecule has 1 aromatic carbocycles. The SMILES string of the molecule is C[Si](C)(C)Oc1c(F)c(F)cc(F)c1F. The van der Waals surface area contributed by atoms with Crippen LogP contribution in [0.2, 0.25) is 19.6 Å².